The molecule has 8 heteroatoms. The second kappa shape index (κ2) is 17.9. The Labute approximate surface area is 345 Å². The SMILES string of the molecule is c1ccc(CNc2cc(C3[C@H](c4ccccc4)C(c4cc(NCc5ccccc5)nc(Nc5ccccc5)n4)[C@H]3c3ccccc3)nc(NCc3ccccc3)n2)cc1. The molecule has 8 nitrogen and oxygen atoms in total. The molecule has 4 N–H and O–H groups in total. The largest absolute Gasteiger partial charge is 0.366 e. The Bertz CT molecular complexity index is 2430. The highest BCUT2D eigenvalue weighted by Crippen LogP contribution is 2.66. The summed E-state index contributed by atoms with van der Waals surface area (Å²) < 4.78 is 0. The van der Waals surface area contributed by atoms with Crippen LogP contribution >= 0.6 is 0 Å². The van der Waals surface area contributed by atoms with Crippen molar-refractivity contribution in [3.63, 3.8) is 0 Å². The van der Waals surface area contributed by atoms with Gasteiger partial charge in [-0.05, 0) is 39.9 Å². The maximum Gasteiger partial charge on any atom is 0.229 e. The zero-order valence-electron chi connectivity index (χ0n) is 32.7. The van der Waals surface area contributed by atoms with Crippen molar-refractivity contribution in [3.05, 3.63) is 233 Å². The first-order valence-corrected chi connectivity index (χ1v) is 20.3. The molecule has 9 rings (SSSR count). The van der Waals surface area contributed by atoms with Gasteiger partial charge in [-0.25, -0.2) is 9.97 Å². The molecular weight excluding hydrogens is 725 g/mol. The molecule has 0 radical (unpaired) electrons. The maximum atomic E-state index is 5.34. The number of nitrogens with zero attached hydrogens (tertiary/aromatic N) is 4. The molecule has 1 aliphatic carbocycles. The van der Waals surface area contributed by atoms with Crippen molar-refractivity contribution in [2.24, 2.45) is 0 Å². The Morgan fingerprint density at radius 3 is 1.14 bits per heavy atom. The van der Waals surface area contributed by atoms with Gasteiger partial charge in [0.05, 0.1) is 11.4 Å². The van der Waals surface area contributed by atoms with Gasteiger partial charge in [-0.3, -0.25) is 0 Å². The van der Waals surface area contributed by atoms with Crippen LogP contribution in [0.25, 0.3) is 0 Å². The number of nitrogens with one attached hydrogen (secondary N) is 4. The third-order valence-corrected chi connectivity index (χ3v) is 11.0. The van der Waals surface area contributed by atoms with Crippen LogP contribution in [0.4, 0.5) is 29.2 Å². The molecule has 0 unspecified atom stereocenters. The van der Waals surface area contributed by atoms with E-state index in [4.69, 9.17) is 19.9 Å². The Morgan fingerprint density at radius 2 is 0.695 bits per heavy atom. The van der Waals surface area contributed by atoms with Crippen LogP contribution in [0.3, 0.4) is 0 Å². The first-order chi connectivity index (χ1) is 29.2. The molecule has 6 aromatic carbocycles. The summed E-state index contributed by atoms with van der Waals surface area (Å²) in [4.78, 5) is 20.7. The third kappa shape index (κ3) is 8.97. The summed E-state index contributed by atoms with van der Waals surface area (Å²) in [6, 6.07) is 67.3. The topological polar surface area (TPSA) is 99.7 Å². The highest BCUT2D eigenvalue weighted by atomic mass is 15.2. The number of rotatable bonds is 15. The minimum absolute atomic E-state index is 0.00202. The molecule has 0 aliphatic heterocycles. The van der Waals surface area contributed by atoms with Crippen LogP contribution < -0.4 is 21.3 Å². The number of anilines is 5. The average molecular weight is 771 g/mol. The summed E-state index contributed by atoms with van der Waals surface area (Å²) in [5.74, 6) is 2.77. The van der Waals surface area contributed by atoms with Gasteiger partial charge >= 0.3 is 0 Å². The smallest absolute Gasteiger partial charge is 0.229 e. The van der Waals surface area contributed by atoms with Gasteiger partial charge in [-0.15, -0.1) is 0 Å². The minimum Gasteiger partial charge on any atom is -0.366 e. The molecule has 0 bridgehead atoms. The fraction of sp³-hybridized carbons (Fsp3) is 0.137. The molecule has 2 atom stereocenters. The second-order valence-electron chi connectivity index (χ2n) is 14.9. The highest BCUT2D eigenvalue weighted by Gasteiger charge is 2.54. The van der Waals surface area contributed by atoms with E-state index < -0.39 is 0 Å². The van der Waals surface area contributed by atoms with Gasteiger partial charge in [0.2, 0.25) is 11.9 Å². The standard InChI is InChI=1S/C51H46N8/c1-7-19-36(20-8-1)33-52-44-31-42(56-50(58-44)54-35-38-23-11-3-12-24-38)48-46(39-25-13-4-14-26-39)49(47(48)40-27-15-5-16-28-40)43-32-45(53-34-37-21-9-2-10-22-37)59-51(57-43)55-41-29-17-6-18-30-41/h1-32,46-49H,33-35H2,(H2,52,54,56,58)(H2,53,55,57,59)/t46-,47-,48?,49?/m0/s1. The van der Waals surface area contributed by atoms with Gasteiger partial charge in [0, 0.05) is 61.1 Å². The lowest BCUT2D eigenvalue weighted by Crippen LogP contribution is -2.41. The summed E-state index contributed by atoms with van der Waals surface area (Å²) >= 11 is 0. The molecule has 1 aliphatic rings. The lowest BCUT2D eigenvalue weighted by atomic mass is 9.50. The Balaban J connectivity index is 1.15. The van der Waals surface area contributed by atoms with Crippen LogP contribution in [0.2, 0.25) is 0 Å². The fourth-order valence-corrected chi connectivity index (χ4v) is 8.26. The lowest BCUT2D eigenvalue weighted by molar-refractivity contribution is 0.220. The van der Waals surface area contributed by atoms with Crippen LogP contribution in [0.1, 0.15) is 62.9 Å². The van der Waals surface area contributed by atoms with Crippen LogP contribution in [0, 0.1) is 0 Å². The van der Waals surface area contributed by atoms with E-state index in [2.05, 4.69) is 167 Å². The minimum atomic E-state index is -0.00202. The van der Waals surface area contributed by atoms with Crippen molar-refractivity contribution in [2.75, 3.05) is 21.3 Å². The van der Waals surface area contributed by atoms with Gasteiger partial charge in [-0.2, -0.15) is 9.97 Å². The molecule has 59 heavy (non-hydrogen) atoms. The fourth-order valence-electron chi connectivity index (χ4n) is 8.26. The normalized spacial score (nSPS) is 17.0. The summed E-state index contributed by atoms with van der Waals surface area (Å²) in [6.07, 6.45) is 0. The lowest BCUT2D eigenvalue weighted by Gasteiger charge is -2.52. The van der Waals surface area contributed by atoms with Crippen molar-refractivity contribution < 1.29 is 0 Å². The molecular formula is C51H46N8. The molecule has 1 fully saturated rings. The molecule has 2 aromatic heterocycles. The Kier molecular flexibility index (Phi) is 11.3. The summed E-state index contributed by atoms with van der Waals surface area (Å²) in [7, 11) is 0. The van der Waals surface area contributed by atoms with E-state index >= 15 is 0 Å². The molecule has 290 valence electrons. The molecule has 0 saturated heterocycles. The zero-order valence-corrected chi connectivity index (χ0v) is 32.7. The number of para-hydroxylation sites is 1. The first-order valence-electron chi connectivity index (χ1n) is 20.3. The van der Waals surface area contributed by atoms with Gasteiger partial charge in [0.25, 0.3) is 0 Å². The highest BCUT2D eigenvalue weighted by molar-refractivity contribution is 5.57. The van der Waals surface area contributed by atoms with Gasteiger partial charge in [-0.1, -0.05) is 170 Å². The number of hydrogen-bond acceptors (Lipinski definition) is 8. The molecule has 0 spiro atoms. The summed E-state index contributed by atoms with van der Waals surface area (Å²) in [6.45, 7) is 1.89. The second-order valence-corrected chi connectivity index (χ2v) is 14.9. The van der Waals surface area contributed by atoms with Crippen molar-refractivity contribution >= 4 is 29.2 Å². The molecule has 8 aromatic rings. The molecule has 2 heterocycles. The van der Waals surface area contributed by atoms with E-state index in [-0.39, 0.29) is 23.7 Å². The third-order valence-electron chi connectivity index (χ3n) is 11.0. The zero-order chi connectivity index (χ0) is 39.6. The summed E-state index contributed by atoms with van der Waals surface area (Å²) in [5.41, 5.74) is 8.86. The van der Waals surface area contributed by atoms with E-state index in [1.165, 1.54) is 22.3 Å². The first kappa shape index (κ1) is 37.3. The molecule has 1 saturated carbocycles. The van der Waals surface area contributed by atoms with Crippen molar-refractivity contribution in [3.8, 4) is 0 Å². The van der Waals surface area contributed by atoms with Crippen molar-refractivity contribution in [2.45, 2.75) is 43.3 Å². The number of benzene rings is 6. The average Bonchev–Trinajstić information content (AvgIpc) is 3.29. The van der Waals surface area contributed by atoms with Crippen molar-refractivity contribution in [1.29, 1.82) is 0 Å². The van der Waals surface area contributed by atoms with Gasteiger partial charge in [0.15, 0.2) is 0 Å². The van der Waals surface area contributed by atoms with Gasteiger partial charge < -0.3 is 21.3 Å². The maximum absolute atomic E-state index is 5.34. The van der Waals surface area contributed by atoms with Crippen LogP contribution in [0.5, 0.6) is 0 Å². The van der Waals surface area contributed by atoms with Crippen LogP contribution in [-0.2, 0) is 19.6 Å². The Hall–Kier alpha value is -7.32. The monoisotopic (exact) mass is 770 g/mol. The van der Waals surface area contributed by atoms with E-state index in [0.717, 1.165) is 34.3 Å². The van der Waals surface area contributed by atoms with Crippen LogP contribution in [-0.4, -0.2) is 19.9 Å². The van der Waals surface area contributed by atoms with E-state index in [1.807, 2.05) is 48.5 Å². The quantitative estimate of drug-likeness (QED) is 0.0818. The predicted octanol–water partition coefficient (Wildman–Crippen LogP) is 11.3. The van der Waals surface area contributed by atoms with E-state index in [0.29, 0.717) is 31.5 Å². The number of aromatic nitrogens is 4. The molecule has 0 amide bonds. The summed E-state index contributed by atoms with van der Waals surface area (Å²) in [5, 5.41) is 14.3. The van der Waals surface area contributed by atoms with Gasteiger partial charge in [0.1, 0.15) is 11.6 Å². The van der Waals surface area contributed by atoms with E-state index in [1.54, 1.807) is 0 Å². The predicted molar refractivity (Wildman–Crippen MR) is 239 cm³/mol. The number of hydrogen-bond donors (Lipinski definition) is 4. The Morgan fingerprint density at radius 1 is 0.339 bits per heavy atom. The van der Waals surface area contributed by atoms with Crippen LogP contribution in [0.15, 0.2) is 194 Å². The van der Waals surface area contributed by atoms with E-state index in [9.17, 15) is 0 Å². The van der Waals surface area contributed by atoms with Crippen molar-refractivity contribution in [1.82, 2.24) is 19.9 Å².